The fourth-order valence-corrected chi connectivity index (χ4v) is 11.0. The Morgan fingerprint density at radius 1 is 0.677 bits per heavy atom. The molecule has 0 spiro atoms. The normalized spacial score (nSPS) is 23.2. The largest absolute Gasteiger partial charge is 0.314 e. The molecule has 0 aromatic heterocycles. The molecule has 0 aliphatic heterocycles. The van der Waals surface area contributed by atoms with Crippen LogP contribution in [0.3, 0.4) is 0 Å². The minimum atomic E-state index is 0.144. The van der Waals surface area contributed by atoms with E-state index in [0.717, 1.165) is 38.5 Å². The minimum absolute atomic E-state index is 0.144. The van der Waals surface area contributed by atoms with Gasteiger partial charge in [0.05, 0.1) is 0 Å². The molecule has 0 saturated carbocycles. The van der Waals surface area contributed by atoms with Gasteiger partial charge < -0.3 is 4.90 Å². The van der Waals surface area contributed by atoms with Crippen molar-refractivity contribution in [2.45, 2.75) is 84.0 Å². The molecule has 10 rings (SSSR count). The molecule has 1 nitrogen and oxygen atoms in total. The lowest BCUT2D eigenvalue weighted by Crippen LogP contribution is -2.31. The van der Waals surface area contributed by atoms with Crippen LogP contribution in [0.5, 0.6) is 0 Å². The van der Waals surface area contributed by atoms with Crippen LogP contribution in [0.4, 0.5) is 0 Å². The van der Waals surface area contributed by atoms with Crippen molar-refractivity contribution in [1.82, 2.24) is 4.90 Å². The van der Waals surface area contributed by atoms with Gasteiger partial charge in [-0.2, -0.15) is 0 Å². The topological polar surface area (TPSA) is 3.24 Å². The van der Waals surface area contributed by atoms with E-state index in [-0.39, 0.29) is 11.8 Å². The van der Waals surface area contributed by atoms with Crippen molar-refractivity contribution in [1.29, 1.82) is 0 Å². The summed E-state index contributed by atoms with van der Waals surface area (Å²) in [7, 11) is 0. The van der Waals surface area contributed by atoms with Gasteiger partial charge in [-0.25, -0.2) is 0 Å². The first kappa shape index (κ1) is 39.9. The number of nitrogens with zero attached hydrogens (tertiary/aromatic N) is 1. The van der Waals surface area contributed by atoms with Crippen LogP contribution in [0.15, 0.2) is 216 Å². The number of fused-ring (bicyclic) bond motifs is 4. The van der Waals surface area contributed by atoms with Gasteiger partial charge in [-0.3, -0.25) is 0 Å². The molecule has 308 valence electrons. The Morgan fingerprint density at radius 3 is 2.44 bits per heavy atom. The van der Waals surface area contributed by atoms with Crippen molar-refractivity contribution in [3.05, 3.63) is 244 Å². The average Bonchev–Trinajstić information content (AvgIpc) is 3.74. The monoisotopic (exact) mass is 805 g/mol. The second-order valence-corrected chi connectivity index (χ2v) is 18.1. The maximum Gasteiger partial charge on any atom is 0.0490 e. The van der Waals surface area contributed by atoms with Crippen molar-refractivity contribution < 1.29 is 0 Å². The molecule has 62 heavy (non-hydrogen) atoms. The highest BCUT2D eigenvalue weighted by Crippen LogP contribution is 2.48. The predicted molar refractivity (Wildman–Crippen MR) is 264 cm³/mol. The molecule has 0 amide bonds. The van der Waals surface area contributed by atoms with Crippen LogP contribution in [0.2, 0.25) is 0 Å². The van der Waals surface area contributed by atoms with E-state index in [2.05, 4.69) is 208 Å². The fraction of sp³-hybridized carbons (Fsp3) is 0.246. The van der Waals surface area contributed by atoms with E-state index in [9.17, 15) is 0 Å². The first-order valence-corrected chi connectivity index (χ1v) is 23.3. The summed E-state index contributed by atoms with van der Waals surface area (Å²) >= 11 is 0. The van der Waals surface area contributed by atoms with Crippen molar-refractivity contribution in [3.63, 3.8) is 0 Å². The molecule has 0 saturated heterocycles. The highest BCUT2D eigenvalue weighted by molar-refractivity contribution is 5.98. The van der Waals surface area contributed by atoms with Gasteiger partial charge in [-0.15, -0.1) is 0 Å². The van der Waals surface area contributed by atoms with E-state index >= 15 is 0 Å². The predicted octanol–water partition coefficient (Wildman–Crippen LogP) is 16.2. The summed E-state index contributed by atoms with van der Waals surface area (Å²) in [4.78, 5) is 2.69. The average molecular weight is 806 g/mol. The van der Waals surface area contributed by atoms with Crippen LogP contribution in [0, 0.1) is 18.8 Å². The molecule has 0 radical (unpaired) electrons. The molecule has 4 aromatic rings. The van der Waals surface area contributed by atoms with Gasteiger partial charge in [-0.1, -0.05) is 189 Å². The van der Waals surface area contributed by atoms with Crippen molar-refractivity contribution in [2.75, 3.05) is 0 Å². The van der Waals surface area contributed by atoms with E-state index in [1.807, 2.05) is 0 Å². The Labute approximate surface area is 370 Å². The summed E-state index contributed by atoms with van der Waals surface area (Å²) in [5.74, 6) is 1.06. The van der Waals surface area contributed by atoms with E-state index in [1.54, 1.807) is 5.57 Å². The summed E-state index contributed by atoms with van der Waals surface area (Å²) in [6.07, 6.45) is 49.5. The number of rotatable bonds is 6. The van der Waals surface area contributed by atoms with Crippen LogP contribution in [0.1, 0.15) is 98.4 Å². The van der Waals surface area contributed by atoms with Crippen LogP contribution >= 0.6 is 0 Å². The third-order valence-corrected chi connectivity index (χ3v) is 14.2. The zero-order chi connectivity index (χ0) is 42.0. The lowest BCUT2D eigenvalue weighted by molar-refractivity contribution is 0.442. The van der Waals surface area contributed by atoms with Crippen LogP contribution in [-0.2, 0) is 6.42 Å². The van der Waals surface area contributed by atoms with Gasteiger partial charge in [0.25, 0.3) is 0 Å². The maximum absolute atomic E-state index is 2.69. The van der Waals surface area contributed by atoms with Gasteiger partial charge in [0.15, 0.2) is 0 Å². The van der Waals surface area contributed by atoms with Gasteiger partial charge >= 0.3 is 0 Å². The zero-order valence-corrected chi connectivity index (χ0v) is 36.7. The lowest BCUT2D eigenvalue weighted by atomic mass is 9.75. The number of benzene rings is 4. The van der Waals surface area contributed by atoms with E-state index in [1.165, 1.54) is 96.4 Å². The Balaban J connectivity index is 1.12. The molecule has 0 bridgehead atoms. The molecule has 4 unspecified atom stereocenters. The smallest absolute Gasteiger partial charge is 0.0490 e. The Bertz CT molecular complexity index is 2790. The van der Waals surface area contributed by atoms with Gasteiger partial charge in [0.1, 0.15) is 0 Å². The second-order valence-electron chi connectivity index (χ2n) is 18.1. The molecule has 0 heterocycles. The Kier molecular flexibility index (Phi) is 11.4. The third kappa shape index (κ3) is 7.68. The highest BCUT2D eigenvalue weighted by atomic mass is 15.2. The molecule has 1 heteroatoms. The Morgan fingerprint density at radius 2 is 1.53 bits per heavy atom. The van der Waals surface area contributed by atoms with Crippen LogP contribution in [0.25, 0.3) is 27.5 Å². The highest BCUT2D eigenvalue weighted by Gasteiger charge is 2.35. The summed E-state index contributed by atoms with van der Waals surface area (Å²) in [6.45, 7) is 7.19. The maximum atomic E-state index is 2.69. The second kappa shape index (κ2) is 17.7. The van der Waals surface area contributed by atoms with Gasteiger partial charge in [0.2, 0.25) is 0 Å². The van der Waals surface area contributed by atoms with Crippen LogP contribution in [-0.4, -0.2) is 4.90 Å². The van der Waals surface area contributed by atoms with E-state index in [0.29, 0.717) is 11.8 Å². The number of hydrogen-bond acceptors (Lipinski definition) is 1. The van der Waals surface area contributed by atoms with E-state index < -0.39 is 0 Å². The first-order chi connectivity index (χ1) is 30.5. The summed E-state index contributed by atoms with van der Waals surface area (Å²) in [5.41, 5.74) is 19.3. The van der Waals surface area contributed by atoms with Crippen molar-refractivity contribution >= 4 is 16.3 Å². The minimum Gasteiger partial charge on any atom is -0.314 e. The fourth-order valence-electron chi connectivity index (χ4n) is 11.0. The summed E-state index contributed by atoms with van der Waals surface area (Å²) in [5, 5.41) is 2.62. The summed E-state index contributed by atoms with van der Waals surface area (Å²) in [6, 6.07) is 29.7. The van der Waals surface area contributed by atoms with E-state index in [4.69, 9.17) is 0 Å². The number of hydrogen-bond donors (Lipinski definition) is 0. The number of allylic oxidation sites excluding steroid dienone is 21. The third-order valence-electron chi connectivity index (χ3n) is 14.2. The molecule has 0 N–H and O–H groups in total. The summed E-state index contributed by atoms with van der Waals surface area (Å²) < 4.78 is 0. The molecule has 4 atom stereocenters. The van der Waals surface area contributed by atoms with Gasteiger partial charge in [0, 0.05) is 28.9 Å². The molecule has 6 aliphatic carbocycles. The zero-order valence-electron chi connectivity index (χ0n) is 36.7. The van der Waals surface area contributed by atoms with Crippen molar-refractivity contribution in [2.24, 2.45) is 11.8 Å². The molecule has 4 aromatic carbocycles. The molecular weight excluding hydrogens is 747 g/mol. The first-order valence-electron chi connectivity index (χ1n) is 23.3. The molecule has 6 aliphatic rings. The van der Waals surface area contributed by atoms with Crippen LogP contribution < -0.4 is 0 Å². The van der Waals surface area contributed by atoms with Crippen molar-refractivity contribution in [3.8, 4) is 11.1 Å². The molecule has 0 fully saturated rings. The SMILES string of the molecule is Cc1c(C2C(N(C3=CCC(C4=CC=CCC=C4)C=C3)C3=CCCC4=C3C=CCCC4)=CC=CC2C)cc2ccccc2c1C1=CCc2ccccc2-c2ccccc2C(C)C=C1. The Hall–Kier alpha value is -6.18. The standard InChI is InChI=1S/C61H59N/c1-42-33-34-49(36-35-48-23-11-13-27-53(48)56-30-16-15-26-52(42)56)61-44(3)57(41-50-24-12-14-29-55(50)61)60-43(2)19-17-32-59(60)62(58-31-18-25-47-22-9-6-10-28-54(47)58)51-39-37-46(38-40-51)45-20-7-4-5-8-21-45/h4,7-8,10-17,19-21,23-24,26-34,36-37,39-43,46,60H,5-6,9,18,22,25,35,38H2,1-3H3. The quantitative estimate of drug-likeness (QED) is 0.188. The lowest BCUT2D eigenvalue weighted by Gasteiger charge is -2.41. The van der Waals surface area contributed by atoms with Gasteiger partial charge in [-0.05, 0) is 149 Å². The molecular formula is C61H59N.